The second kappa shape index (κ2) is 5.46. The molecule has 1 aliphatic heterocycles. The second-order valence-corrected chi connectivity index (χ2v) is 10.4. The summed E-state index contributed by atoms with van der Waals surface area (Å²) in [6, 6.07) is 2.20. The van der Waals surface area contributed by atoms with Crippen molar-refractivity contribution in [1.29, 1.82) is 5.26 Å². The van der Waals surface area contributed by atoms with Gasteiger partial charge in [0.05, 0.1) is 19.3 Å². The van der Waals surface area contributed by atoms with Crippen LogP contribution in [-0.2, 0) is 9.47 Å². The van der Waals surface area contributed by atoms with E-state index in [1.165, 1.54) is 32.1 Å². The molecule has 0 aromatic heterocycles. The van der Waals surface area contributed by atoms with Gasteiger partial charge in [-0.25, -0.2) is 0 Å². The van der Waals surface area contributed by atoms with E-state index in [0.29, 0.717) is 30.1 Å². The highest BCUT2D eigenvalue weighted by molar-refractivity contribution is 5.15. The van der Waals surface area contributed by atoms with Crippen LogP contribution in [0.4, 0.5) is 0 Å². The van der Waals surface area contributed by atoms with Crippen LogP contribution in [0.15, 0.2) is 0 Å². The second-order valence-electron chi connectivity index (χ2n) is 10.4. The minimum atomic E-state index is -1.08. The summed E-state index contributed by atoms with van der Waals surface area (Å²) in [6.45, 7) is 6.42. The van der Waals surface area contributed by atoms with Crippen molar-refractivity contribution in [3.05, 3.63) is 0 Å². The van der Waals surface area contributed by atoms with Gasteiger partial charge in [0.1, 0.15) is 0 Å². The Morgan fingerprint density at radius 3 is 2.38 bits per heavy atom. The topological polar surface area (TPSA) is 62.5 Å². The van der Waals surface area contributed by atoms with E-state index >= 15 is 0 Å². The van der Waals surface area contributed by atoms with E-state index in [0.717, 1.165) is 37.9 Å². The lowest BCUT2D eigenvalue weighted by Crippen LogP contribution is -2.58. The first kappa shape index (κ1) is 17.5. The Kier molecular flexibility index (Phi) is 3.67. The van der Waals surface area contributed by atoms with Gasteiger partial charge in [-0.05, 0) is 80.5 Å². The first-order valence-electron chi connectivity index (χ1n) is 10.8. The zero-order valence-corrected chi connectivity index (χ0v) is 16.3. The molecular formula is C22H33NO3. The fraction of sp³-hybridized carbons (Fsp3) is 0.955. The van der Waals surface area contributed by atoms with Gasteiger partial charge in [-0.3, -0.25) is 0 Å². The molecule has 4 heteroatoms. The third-order valence-electron chi connectivity index (χ3n) is 9.73. The highest BCUT2D eigenvalue weighted by Crippen LogP contribution is 2.69. The van der Waals surface area contributed by atoms with Crippen LogP contribution in [-0.4, -0.2) is 29.7 Å². The number of nitriles is 1. The van der Waals surface area contributed by atoms with Gasteiger partial charge in [-0.1, -0.05) is 13.8 Å². The summed E-state index contributed by atoms with van der Waals surface area (Å²) in [6.07, 6.45) is 9.51. The highest BCUT2D eigenvalue weighted by atomic mass is 16.7. The summed E-state index contributed by atoms with van der Waals surface area (Å²) >= 11 is 0. The van der Waals surface area contributed by atoms with Gasteiger partial charge in [0, 0.05) is 11.8 Å². The van der Waals surface area contributed by atoms with Gasteiger partial charge in [0.25, 0.3) is 0 Å². The molecule has 1 N–H and O–H groups in total. The standard InChI is InChI=1S/C22H33NO3/c1-19-9-10-21(24,14-23)13-15(19)3-4-16-17(19)5-7-20(2)18(16)6-8-22(20)25-11-12-26-22/h15-18,24H,3-13H2,1-2H3/t15-,16-,17+,18+,19-,20+,21-/m0/s1. The SMILES string of the molecule is C[C@]12CC[C@@](O)(C#N)C[C@@H]1CC[C@H]1[C@H]2CC[C@]2(C)[C@@H]1CCC21OCCO1. The molecular weight excluding hydrogens is 326 g/mol. The first-order valence-corrected chi connectivity index (χ1v) is 10.8. The van der Waals surface area contributed by atoms with Gasteiger partial charge in [-0.15, -0.1) is 0 Å². The Bertz CT molecular complexity index is 638. The fourth-order valence-electron chi connectivity index (χ4n) is 8.23. The summed E-state index contributed by atoms with van der Waals surface area (Å²) < 4.78 is 12.5. The zero-order valence-electron chi connectivity index (χ0n) is 16.3. The van der Waals surface area contributed by atoms with Gasteiger partial charge in [0.15, 0.2) is 11.4 Å². The molecule has 1 heterocycles. The average molecular weight is 360 g/mol. The number of hydrogen-bond acceptors (Lipinski definition) is 4. The molecule has 0 bridgehead atoms. The normalized spacial score (nSPS) is 55.0. The third kappa shape index (κ3) is 2.06. The number of rotatable bonds is 0. The molecule has 0 radical (unpaired) electrons. The lowest BCUT2D eigenvalue weighted by atomic mass is 9.44. The Morgan fingerprint density at radius 2 is 1.65 bits per heavy atom. The molecule has 144 valence electrons. The first-order chi connectivity index (χ1) is 12.4. The van der Waals surface area contributed by atoms with Crippen LogP contribution in [0, 0.1) is 45.8 Å². The minimum Gasteiger partial charge on any atom is -0.375 e. The van der Waals surface area contributed by atoms with Crippen molar-refractivity contribution >= 4 is 0 Å². The Hall–Kier alpha value is -0.630. The van der Waals surface area contributed by atoms with Crippen molar-refractivity contribution < 1.29 is 14.6 Å². The van der Waals surface area contributed by atoms with E-state index < -0.39 is 5.60 Å². The molecule has 5 rings (SSSR count). The Labute approximate surface area is 157 Å². The van der Waals surface area contributed by atoms with Crippen molar-refractivity contribution in [3.63, 3.8) is 0 Å². The largest absolute Gasteiger partial charge is 0.375 e. The minimum absolute atomic E-state index is 0.163. The van der Waals surface area contributed by atoms with Gasteiger partial charge in [-0.2, -0.15) is 5.26 Å². The summed E-state index contributed by atoms with van der Waals surface area (Å²) in [5, 5.41) is 20.0. The Balaban J connectivity index is 1.43. The van der Waals surface area contributed by atoms with Crippen LogP contribution < -0.4 is 0 Å². The summed E-state index contributed by atoms with van der Waals surface area (Å²) in [5.74, 6) is 2.39. The molecule has 0 aromatic carbocycles. The van der Waals surface area contributed by atoms with E-state index in [-0.39, 0.29) is 11.2 Å². The van der Waals surface area contributed by atoms with Crippen molar-refractivity contribution in [2.24, 2.45) is 34.5 Å². The molecule has 5 aliphatic rings. The maximum absolute atomic E-state index is 10.6. The highest BCUT2D eigenvalue weighted by Gasteiger charge is 2.67. The van der Waals surface area contributed by atoms with E-state index in [9.17, 15) is 10.4 Å². The predicted molar refractivity (Wildman–Crippen MR) is 96.9 cm³/mol. The smallest absolute Gasteiger partial charge is 0.174 e. The molecule has 5 fully saturated rings. The average Bonchev–Trinajstić information content (AvgIpc) is 3.22. The van der Waals surface area contributed by atoms with E-state index in [4.69, 9.17) is 9.47 Å². The molecule has 4 aliphatic carbocycles. The quantitative estimate of drug-likeness (QED) is 0.663. The van der Waals surface area contributed by atoms with Gasteiger partial charge >= 0.3 is 0 Å². The number of hydrogen-bond donors (Lipinski definition) is 1. The van der Waals surface area contributed by atoms with Crippen LogP contribution in [0.2, 0.25) is 0 Å². The van der Waals surface area contributed by atoms with Crippen molar-refractivity contribution in [3.8, 4) is 6.07 Å². The van der Waals surface area contributed by atoms with Crippen molar-refractivity contribution in [1.82, 2.24) is 0 Å². The summed E-state index contributed by atoms with van der Waals surface area (Å²) in [7, 11) is 0. The molecule has 0 unspecified atom stereocenters. The molecule has 1 spiro atoms. The Morgan fingerprint density at radius 1 is 0.923 bits per heavy atom. The van der Waals surface area contributed by atoms with Crippen molar-refractivity contribution in [2.75, 3.05) is 13.2 Å². The van der Waals surface area contributed by atoms with Crippen LogP contribution in [0.3, 0.4) is 0 Å². The van der Waals surface area contributed by atoms with E-state index in [1.807, 2.05) is 0 Å². The monoisotopic (exact) mass is 359 g/mol. The van der Waals surface area contributed by atoms with Crippen LogP contribution in [0.25, 0.3) is 0 Å². The van der Waals surface area contributed by atoms with Crippen LogP contribution in [0.1, 0.15) is 71.6 Å². The molecule has 0 aromatic rings. The lowest BCUT2D eigenvalue weighted by Gasteiger charge is -2.61. The molecule has 0 amide bonds. The molecule has 26 heavy (non-hydrogen) atoms. The molecule has 4 nitrogen and oxygen atoms in total. The molecule has 1 saturated heterocycles. The van der Waals surface area contributed by atoms with Crippen LogP contribution in [0.5, 0.6) is 0 Å². The van der Waals surface area contributed by atoms with Gasteiger partial charge < -0.3 is 14.6 Å². The summed E-state index contributed by atoms with van der Waals surface area (Å²) in [4.78, 5) is 0. The third-order valence-corrected chi connectivity index (χ3v) is 9.73. The lowest BCUT2D eigenvalue weighted by molar-refractivity contribution is -0.248. The van der Waals surface area contributed by atoms with Crippen molar-refractivity contribution in [2.45, 2.75) is 83.0 Å². The van der Waals surface area contributed by atoms with Crippen LogP contribution >= 0.6 is 0 Å². The number of fused-ring (bicyclic) bond motifs is 6. The van der Waals surface area contributed by atoms with E-state index in [2.05, 4.69) is 19.9 Å². The van der Waals surface area contributed by atoms with Gasteiger partial charge in [0.2, 0.25) is 0 Å². The maximum atomic E-state index is 10.6. The molecule has 4 saturated carbocycles. The maximum Gasteiger partial charge on any atom is 0.174 e. The number of aliphatic hydroxyl groups is 1. The molecule has 7 atom stereocenters. The fourth-order valence-corrected chi connectivity index (χ4v) is 8.23. The van der Waals surface area contributed by atoms with E-state index in [1.54, 1.807) is 0 Å². The predicted octanol–water partition coefficient (Wildman–Crippen LogP) is 4.03. The zero-order chi connectivity index (χ0) is 18.2. The number of ether oxygens (including phenoxy) is 2. The number of nitrogens with zero attached hydrogens (tertiary/aromatic N) is 1. The summed E-state index contributed by atoms with van der Waals surface area (Å²) in [5.41, 5.74) is -0.625.